The molecule has 3 atom stereocenters. The Morgan fingerprint density at radius 2 is 1.93 bits per heavy atom. The van der Waals surface area contributed by atoms with Gasteiger partial charge in [0.15, 0.2) is 0 Å². The van der Waals surface area contributed by atoms with Crippen molar-refractivity contribution in [2.45, 2.75) is 39.3 Å². The second-order valence-electron chi connectivity index (χ2n) is 9.36. The predicted octanol–water partition coefficient (Wildman–Crippen LogP) is 6.35. The van der Waals surface area contributed by atoms with E-state index in [-0.39, 0.29) is 11.0 Å². The van der Waals surface area contributed by atoms with Gasteiger partial charge in [0, 0.05) is 27.2 Å². The lowest BCUT2D eigenvalue weighted by Crippen LogP contribution is -2.71. The van der Waals surface area contributed by atoms with Gasteiger partial charge in [-0.05, 0) is 68.9 Å². The maximum absolute atomic E-state index is 6.82. The molecule has 3 aliphatic carbocycles. The van der Waals surface area contributed by atoms with Crippen LogP contribution < -0.4 is 10.5 Å². The molecule has 4 heteroatoms. The van der Waals surface area contributed by atoms with E-state index >= 15 is 0 Å². The molecule has 1 saturated carbocycles. The fraction of sp³-hybridized carbons (Fsp3) is 0.346. The summed E-state index contributed by atoms with van der Waals surface area (Å²) >= 11 is 3.62. The first-order valence-corrected chi connectivity index (χ1v) is 11.4. The van der Waals surface area contributed by atoms with Crippen LogP contribution in [0.5, 0.6) is 5.75 Å². The highest BCUT2D eigenvalue weighted by Crippen LogP contribution is 2.65. The van der Waals surface area contributed by atoms with E-state index in [0.29, 0.717) is 18.4 Å². The van der Waals surface area contributed by atoms with Crippen molar-refractivity contribution in [3.05, 3.63) is 76.4 Å². The summed E-state index contributed by atoms with van der Waals surface area (Å²) in [4.78, 5) is 4.65. The van der Waals surface area contributed by atoms with E-state index in [9.17, 15) is 0 Å². The molecule has 3 aliphatic rings. The molecule has 30 heavy (non-hydrogen) atoms. The number of nitrogens with two attached hydrogens (primary N) is 1. The molecule has 3 unspecified atom stereocenters. The molecule has 0 radical (unpaired) electrons. The minimum absolute atomic E-state index is 0.0504. The summed E-state index contributed by atoms with van der Waals surface area (Å²) in [7, 11) is 0. The maximum Gasteiger partial charge on any atom is 0.128 e. The lowest BCUT2D eigenvalue weighted by Gasteiger charge is -2.66. The number of pyridine rings is 1. The highest BCUT2D eigenvalue weighted by Gasteiger charge is 2.63. The number of benzene rings is 2. The number of hydrogen-bond acceptors (Lipinski definition) is 3. The Bertz CT molecular complexity index is 1150. The Labute approximate surface area is 186 Å². The molecular formula is C26H27BrN2O. The third kappa shape index (κ3) is 2.84. The Hall–Kier alpha value is -2.17. The fourth-order valence-corrected chi connectivity index (χ4v) is 5.75. The van der Waals surface area contributed by atoms with E-state index in [1.165, 1.54) is 11.1 Å². The number of rotatable bonds is 4. The van der Waals surface area contributed by atoms with E-state index < -0.39 is 0 Å². The quantitative estimate of drug-likeness (QED) is 0.490. The van der Waals surface area contributed by atoms with Crippen LogP contribution in [0.3, 0.4) is 0 Å². The van der Waals surface area contributed by atoms with Gasteiger partial charge in [0.2, 0.25) is 0 Å². The molecule has 0 amide bonds. The molecule has 1 heterocycles. The zero-order chi connectivity index (χ0) is 21.1. The first-order chi connectivity index (χ1) is 14.3. The summed E-state index contributed by atoms with van der Waals surface area (Å²) in [5.41, 5.74) is 11.4. The van der Waals surface area contributed by atoms with Gasteiger partial charge in [-0.25, -0.2) is 0 Å². The normalized spacial score (nSPS) is 26.8. The van der Waals surface area contributed by atoms with Gasteiger partial charge in [-0.15, -0.1) is 0 Å². The maximum atomic E-state index is 6.82. The summed E-state index contributed by atoms with van der Waals surface area (Å²) in [5.74, 6) is 1.64. The van der Waals surface area contributed by atoms with E-state index in [1.807, 2.05) is 24.4 Å². The van der Waals surface area contributed by atoms with E-state index in [4.69, 9.17) is 10.5 Å². The second kappa shape index (κ2) is 6.93. The van der Waals surface area contributed by atoms with E-state index in [2.05, 4.69) is 78.1 Å². The molecule has 1 fully saturated rings. The summed E-state index contributed by atoms with van der Waals surface area (Å²) in [6.45, 7) is 7.42. The highest BCUT2D eigenvalue weighted by atomic mass is 79.9. The van der Waals surface area contributed by atoms with Crippen LogP contribution in [0.4, 0.5) is 0 Å². The fourth-order valence-electron chi connectivity index (χ4n) is 5.42. The first-order valence-electron chi connectivity index (χ1n) is 10.6. The zero-order valence-corrected chi connectivity index (χ0v) is 19.2. The minimum Gasteiger partial charge on any atom is -0.488 e. The van der Waals surface area contributed by atoms with Crippen molar-refractivity contribution in [3.63, 3.8) is 0 Å². The predicted molar refractivity (Wildman–Crippen MR) is 126 cm³/mol. The molecular weight excluding hydrogens is 436 g/mol. The Morgan fingerprint density at radius 3 is 2.63 bits per heavy atom. The molecule has 154 valence electrons. The van der Waals surface area contributed by atoms with Gasteiger partial charge in [-0.1, -0.05) is 57.2 Å². The Kier molecular flexibility index (Phi) is 4.57. The van der Waals surface area contributed by atoms with Crippen molar-refractivity contribution in [3.8, 4) is 5.75 Å². The number of halogens is 1. The standard InChI is InChI=1S/C26H27BrN2O/c1-16-11-19(21-13-26(16,28)25(21,2)3)24-20-12-18(27)14-29-22(20)9-10-23(24)30-15-17-7-5-4-6-8-17/h4-12,14,16,21H,13,15,28H2,1-3H3. The van der Waals surface area contributed by atoms with Crippen molar-refractivity contribution in [2.75, 3.05) is 0 Å². The van der Waals surface area contributed by atoms with Crippen LogP contribution in [0.1, 0.15) is 38.3 Å². The number of hydrogen-bond donors (Lipinski definition) is 1. The van der Waals surface area contributed by atoms with Crippen LogP contribution in [0, 0.1) is 17.3 Å². The van der Waals surface area contributed by atoms with Crippen molar-refractivity contribution < 1.29 is 4.74 Å². The molecule has 3 nitrogen and oxygen atoms in total. The number of ether oxygens (including phenoxy) is 1. The molecule has 3 aromatic rings. The van der Waals surface area contributed by atoms with Crippen LogP contribution in [0.15, 0.2) is 65.3 Å². The van der Waals surface area contributed by atoms with E-state index in [0.717, 1.165) is 33.1 Å². The molecule has 6 rings (SSSR count). The molecule has 0 saturated heterocycles. The zero-order valence-electron chi connectivity index (χ0n) is 17.7. The monoisotopic (exact) mass is 462 g/mol. The van der Waals surface area contributed by atoms with Crippen molar-refractivity contribution in [1.82, 2.24) is 4.98 Å². The summed E-state index contributed by atoms with van der Waals surface area (Å²) in [5, 5.41) is 1.13. The molecule has 1 aromatic heterocycles. The molecule has 2 aromatic carbocycles. The van der Waals surface area contributed by atoms with Crippen LogP contribution in [0.25, 0.3) is 16.5 Å². The minimum atomic E-state index is -0.129. The van der Waals surface area contributed by atoms with Gasteiger partial charge in [-0.2, -0.15) is 0 Å². The first kappa shape index (κ1) is 19.8. The lowest BCUT2D eigenvalue weighted by atomic mass is 9.41. The Morgan fingerprint density at radius 1 is 1.17 bits per heavy atom. The van der Waals surface area contributed by atoms with Crippen molar-refractivity contribution in [2.24, 2.45) is 23.0 Å². The van der Waals surface area contributed by atoms with Gasteiger partial charge in [0.1, 0.15) is 12.4 Å². The highest BCUT2D eigenvalue weighted by molar-refractivity contribution is 9.10. The van der Waals surface area contributed by atoms with Gasteiger partial charge in [0.25, 0.3) is 0 Å². The molecule has 2 bridgehead atoms. The van der Waals surface area contributed by atoms with Crippen LogP contribution in [-0.4, -0.2) is 10.5 Å². The van der Waals surface area contributed by atoms with Crippen LogP contribution >= 0.6 is 15.9 Å². The largest absolute Gasteiger partial charge is 0.488 e. The average molecular weight is 463 g/mol. The number of allylic oxidation sites excluding steroid dienone is 1. The average Bonchev–Trinajstić information content (AvgIpc) is 2.74. The summed E-state index contributed by atoms with van der Waals surface area (Å²) < 4.78 is 7.38. The molecule has 2 N–H and O–H groups in total. The number of aromatic nitrogens is 1. The summed E-state index contributed by atoms with van der Waals surface area (Å²) in [6.07, 6.45) is 5.25. The SMILES string of the molecule is CC1C=C(c2c(OCc3ccccc3)ccc3ncc(Br)cc23)C2CC1(N)C2(C)C. The second-order valence-corrected chi connectivity index (χ2v) is 10.3. The van der Waals surface area contributed by atoms with Crippen LogP contribution in [-0.2, 0) is 6.61 Å². The lowest BCUT2D eigenvalue weighted by molar-refractivity contribution is -0.0493. The van der Waals surface area contributed by atoms with E-state index in [1.54, 1.807) is 0 Å². The summed E-state index contributed by atoms with van der Waals surface area (Å²) in [6, 6.07) is 16.6. The third-order valence-electron chi connectivity index (χ3n) is 7.55. The van der Waals surface area contributed by atoms with Crippen molar-refractivity contribution >= 4 is 32.4 Å². The molecule has 0 spiro atoms. The van der Waals surface area contributed by atoms with Crippen LogP contribution in [0.2, 0.25) is 0 Å². The third-order valence-corrected chi connectivity index (χ3v) is 7.98. The Balaban J connectivity index is 1.65. The van der Waals surface area contributed by atoms with Gasteiger partial charge >= 0.3 is 0 Å². The number of fused-ring (bicyclic) bond motifs is 2. The van der Waals surface area contributed by atoms with Gasteiger partial charge in [-0.3, -0.25) is 4.98 Å². The topological polar surface area (TPSA) is 48.1 Å². The van der Waals surface area contributed by atoms with Gasteiger partial charge in [0.05, 0.1) is 5.52 Å². The van der Waals surface area contributed by atoms with Gasteiger partial charge < -0.3 is 10.5 Å². The smallest absolute Gasteiger partial charge is 0.128 e. The molecule has 0 aliphatic heterocycles. The number of nitrogens with zero attached hydrogens (tertiary/aromatic N) is 1. The van der Waals surface area contributed by atoms with Crippen molar-refractivity contribution in [1.29, 1.82) is 0 Å².